The highest BCUT2D eigenvalue weighted by Crippen LogP contribution is 2.20. The van der Waals surface area contributed by atoms with Gasteiger partial charge in [0.15, 0.2) is 0 Å². The number of nitrogens with zero attached hydrogens (tertiary/aromatic N) is 1. The Labute approximate surface area is 97.7 Å². The number of hydrogen-bond donors (Lipinski definition) is 3. The fourth-order valence-electron chi connectivity index (χ4n) is 2.27. The number of nitrogens with one attached hydrogen (secondary N) is 2. The van der Waals surface area contributed by atoms with E-state index in [1.54, 1.807) is 0 Å². The first kappa shape index (κ1) is 13.3. The van der Waals surface area contributed by atoms with Crippen molar-refractivity contribution >= 4 is 6.03 Å². The molecule has 0 aromatic carbocycles. The zero-order chi connectivity index (χ0) is 12.1. The number of carbonyl (C=O) groups excluding carboxylic acids is 1. The van der Waals surface area contributed by atoms with Gasteiger partial charge in [-0.15, -0.1) is 0 Å². The molecule has 0 saturated carbocycles. The largest absolute Gasteiger partial charge is 0.352 e. The molecule has 1 saturated heterocycles. The SMILES string of the molecule is CC1CN(C)C(C)CC1NCCNC(N)=O. The highest BCUT2D eigenvalue weighted by Gasteiger charge is 2.28. The number of urea groups is 1. The molecule has 0 bridgehead atoms. The Morgan fingerprint density at radius 2 is 2.12 bits per heavy atom. The molecular weight excluding hydrogens is 204 g/mol. The molecule has 0 spiro atoms. The summed E-state index contributed by atoms with van der Waals surface area (Å²) in [6.07, 6.45) is 1.16. The van der Waals surface area contributed by atoms with Crippen molar-refractivity contribution in [2.45, 2.75) is 32.4 Å². The van der Waals surface area contributed by atoms with Gasteiger partial charge < -0.3 is 21.3 Å². The van der Waals surface area contributed by atoms with Gasteiger partial charge >= 0.3 is 6.03 Å². The molecule has 5 heteroatoms. The molecule has 0 aromatic heterocycles. The van der Waals surface area contributed by atoms with Crippen molar-refractivity contribution < 1.29 is 4.79 Å². The molecule has 0 aliphatic carbocycles. The number of amides is 2. The molecule has 1 aliphatic heterocycles. The molecule has 1 fully saturated rings. The van der Waals surface area contributed by atoms with Crippen LogP contribution in [0.4, 0.5) is 4.79 Å². The van der Waals surface area contributed by atoms with Crippen LogP contribution in [0.15, 0.2) is 0 Å². The lowest BCUT2D eigenvalue weighted by atomic mass is 9.90. The van der Waals surface area contributed by atoms with Gasteiger partial charge in [-0.05, 0) is 26.3 Å². The molecule has 1 aliphatic rings. The van der Waals surface area contributed by atoms with Crippen molar-refractivity contribution in [3.05, 3.63) is 0 Å². The van der Waals surface area contributed by atoms with Crippen LogP contribution in [-0.4, -0.2) is 49.7 Å². The third-order valence-electron chi connectivity index (χ3n) is 3.44. The number of likely N-dealkylation sites (tertiary alicyclic amines) is 1. The Morgan fingerprint density at radius 3 is 2.75 bits per heavy atom. The van der Waals surface area contributed by atoms with Crippen molar-refractivity contribution in [2.75, 3.05) is 26.7 Å². The lowest BCUT2D eigenvalue weighted by Gasteiger charge is -2.40. The van der Waals surface area contributed by atoms with Crippen molar-refractivity contribution in [3.63, 3.8) is 0 Å². The van der Waals surface area contributed by atoms with E-state index in [1.165, 1.54) is 0 Å². The number of hydrogen-bond acceptors (Lipinski definition) is 3. The van der Waals surface area contributed by atoms with E-state index in [1.807, 2.05) is 0 Å². The maximum absolute atomic E-state index is 10.5. The highest BCUT2D eigenvalue weighted by atomic mass is 16.2. The van der Waals surface area contributed by atoms with Crippen LogP contribution in [0.1, 0.15) is 20.3 Å². The van der Waals surface area contributed by atoms with Gasteiger partial charge in [0.1, 0.15) is 0 Å². The first-order valence-electron chi connectivity index (χ1n) is 5.97. The maximum atomic E-state index is 10.5. The van der Waals surface area contributed by atoms with E-state index in [4.69, 9.17) is 5.73 Å². The lowest BCUT2D eigenvalue weighted by Crippen LogP contribution is -2.52. The second-order valence-corrected chi connectivity index (χ2v) is 4.85. The van der Waals surface area contributed by atoms with E-state index in [-0.39, 0.29) is 0 Å². The normalized spacial score (nSPS) is 31.3. The van der Waals surface area contributed by atoms with Gasteiger partial charge in [0.25, 0.3) is 0 Å². The molecule has 2 amide bonds. The van der Waals surface area contributed by atoms with Crippen molar-refractivity contribution in [1.82, 2.24) is 15.5 Å². The van der Waals surface area contributed by atoms with Gasteiger partial charge in [-0.2, -0.15) is 0 Å². The summed E-state index contributed by atoms with van der Waals surface area (Å²) in [5, 5.41) is 6.07. The van der Waals surface area contributed by atoms with E-state index in [0.717, 1.165) is 19.5 Å². The summed E-state index contributed by atoms with van der Waals surface area (Å²) >= 11 is 0. The molecule has 0 radical (unpaired) electrons. The van der Waals surface area contributed by atoms with E-state index in [2.05, 4.69) is 36.4 Å². The van der Waals surface area contributed by atoms with Gasteiger partial charge in [0.2, 0.25) is 0 Å². The van der Waals surface area contributed by atoms with Gasteiger partial charge in [-0.1, -0.05) is 6.92 Å². The van der Waals surface area contributed by atoms with E-state index in [9.17, 15) is 4.79 Å². The van der Waals surface area contributed by atoms with Crippen LogP contribution in [0.5, 0.6) is 0 Å². The Balaban J connectivity index is 2.23. The predicted octanol–water partition coefficient (Wildman–Crippen LogP) is -0.0270. The quantitative estimate of drug-likeness (QED) is 0.592. The first-order chi connectivity index (χ1) is 7.50. The summed E-state index contributed by atoms with van der Waals surface area (Å²) in [6.45, 7) is 7.03. The topological polar surface area (TPSA) is 70.4 Å². The number of rotatable bonds is 4. The number of nitrogens with two attached hydrogens (primary N) is 1. The fraction of sp³-hybridized carbons (Fsp3) is 0.909. The number of carbonyl (C=O) groups is 1. The number of primary amides is 1. The van der Waals surface area contributed by atoms with Crippen molar-refractivity contribution in [1.29, 1.82) is 0 Å². The first-order valence-corrected chi connectivity index (χ1v) is 5.97. The Hall–Kier alpha value is -0.810. The monoisotopic (exact) mass is 228 g/mol. The summed E-state index contributed by atoms with van der Waals surface area (Å²) in [4.78, 5) is 12.9. The van der Waals surface area contributed by atoms with Crippen LogP contribution in [0.3, 0.4) is 0 Å². The van der Waals surface area contributed by atoms with Gasteiger partial charge in [-0.25, -0.2) is 4.79 Å². The predicted molar refractivity (Wildman–Crippen MR) is 65.2 cm³/mol. The summed E-state index contributed by atoms with van der Waals surface area (Å²) in [5.41, 5.74) is 4.99. The van der Waals surface area contributed by atoms with Crippen molar-refractivity contribution in [2.24, 2.45) is 11.7 Å². The zero-order valence-electron chi connectivity index (χ0n) is 10.5. The average Bonchev–Trinajstić information content (AvgIpc) is 2.19. The molecule has 5 nitrogen and oxygen atoms in total. The minimum atomic E-state index is -0.452. The van der Waals surface area contributed by atoms with Crippen LogP contribution in [0.25, 0.3) is 0 Å². The molecule has 3 unspecified atom stereocenters. The molecule has 1 rings (SSSR count). The highest BCUT2D eigenvalue weighted by molar-refractivity contribution is 5.71. The molecular formula is C11H24N4O. The molecule has 94 valence electrons. The summed E-state index contributed by atoms with van der Waals surface area (Å²) in [6, 6.07) is 0.713. The molecule has 0 aromatic rings. The third kappa shape index (κ3) is 3.98. The summed E-state index contributed by atoms with van der Waals surface area (Å²) in [7, 11) is 2.17. The van der Waals surface area contributed by atoms with E-state index in [0.29, 0.717) is 24.5 Å². The van der Waals surface area contributed by atoms with Crippen LogP contribution in [0, 0.1) is 5.92 Å². The Bertz CT molecular complexity index is 234. The summed E-state index contributed by atoms with van der Waals surface area (Å²) in [5.74, 6) is 0.648. The second-order valence-electron chi connectivity index (χ2n) is 4.85. The molecule has 16 heavy (non-hydrogen) atoms. The summed E-state index contributed by atoms with van der Waals surface area (Å²) < 4.78 is 0. The van der Waals surface area contributed by atoms with Crippen LogP contribution < -0.4 is 16.4 Å². The van der Waals surface area contributed by atoms with Crippen LogP contribution >= 0.6 is 0 Å². The second kappa shape index (κ2) is 6.06. The maximum Gasteiger partial charge on any atom is 0.312 e. The smallest absolute Gasteiger partial charge is 0.312 e. The van der Waals surface area contributed by atoms with Gasteiger partial charge in [0.05, 0.1) is 0 Å². The Morgan fingerprint density at radius 1 is 1.44 bits per heavy atom. The molecule has 3 atom stereocenters. The van der Waals surface area contributed by atoms with E-state index < -0.39 is 6.03 Å². The third-order valence-corrected chi connectivity index (χ3v) is 3.44. The van der Waals surface area contributed by atoms with E-state index >= 15 is 0 Å². The zero-order valence-corrected chi connectivity index (χ0v) is 10.5. The minimum Gasteiger partial charge on any atom is -0.352 e. The molecule has 4 N–H and O–H groups in total. The van der Waals surface area contributed by atoms with Crippen molar-refractivity contribution in [3.8, 4) is 0 Å². The lowest BCUT2D eigenvalue weighted by molar-refractivity contribution is 0.122. The van der Waals surface area contributed by atoms with Crippen LogP contribution in [-0.2, 0) is 0 Å². The van der Waals surface area contributed by atoms with Gasteiger partial charge in [-0.3, -0.25) is 0 Å². The average molecular weight is 228 g/mol. The van der Waals surface area contributed by atoms with Crippen LogP contribution in [0.2, 0.25) is 0 Å². The van der Waals surface area contributed by atoms with Gasteiger partial charge in [0, 0.05) is 31.7 Å². The minimum absolute atomic E-state index is 0.452. The number of piperidine rings is 1. The Kier molecular flexibility index (Phi) is 5.02. The standard InChI is InChI=1S/C11H24N4O/c1-8-7-15(3)9(2)6-10(8)13-4-5-14-11(12)16/h8-10,13H,4-7H2,1-3H3,(H3,12,14,16). The molecule has 1 heterocycles. The fourth-order valence-corrected chi connectivity index (χ4v) is 2.27.